The van der Waals surface area contributed by atoms with E-state index in [9.17, 15) is 4.79 Å². The highest BCUT2D eigenvalue weighted by Crippen LogP contribution is 2.39. The Morgan fingerprint density at radius 1 is 1.17 bits per heavy atom. The number of hydrogen-bond acceptors (Lipinski definition) is 4. The van der Waals surface area contributed by atoms with E-state index in [0.717, 1.165) is 28.8 Å². The molecule has 0 aliphatic rings. The van der Waals surface area contributed by atoms with Crippen LogP contribution in [0.25, 0.3) is 11.1 Å². The van der Waals surface area contributed by atoms with Crippen LogP contribution in [0.5, 0.6) is 0 Å². The van der Waals surface area contributed by atoms with Crippen molar-refractivity contribution >= 4 is 22.3 Å². The Hall–Kier alpha value is -1.81. The predicted molar refractivity (Wildman–Crippen MR) is 98.0 cm³/mol. The van der Waals surface area contributed by atoms with E-state index in [4.69, 9.17) is 10.5 Å². The highest BCUT2D eigenvalue weighted by molar-refractivity contribution is 7.17. The molecule has 1 aromatic heterocycles. The van der Waals surface area contributed by atoms with Crippen LogP contribution in [0.3, 0.4) is 0 Å². The van der Waals surface area contributed by atoms with Crippen molar-refractivity contribution in [2.75, 3.05) is 12.3 Å². The van der Waals surface area contributed by atoms with Crippen molar-refractivity contribution in [2.24, 2.45) is 5.92 Å². The zero-order valence-electron chi connectivity index (χ0n) is 14.3. The van der Waals surface area contributed by atoms with Crippen molar-refractivity contribution in [3.8, 4) is 11.1 Å². The molecule has 0 spiro atoms. The van der Waals surface area contributed by atoms with Crippen LogP contribution in [0.2, 0.25) is 0 Å². The van der Waals surface area contributed by atoms with E-state index in [-0.39, 0.29) is 5.97 Å². The van der Waals surface area contributed by atoms with Crippen molar-refractivity contribution in [3.05, 3.63) is 40.3 Å². The van der Waals surface area contributed by atoms with Gasteiger partial charge < -0.3 is 10.5 Å². The number of esters is 1. The SMILES string of the molecule is CCc1ccc(-c2c(CC)sc(N)c2C(=O)OCC(C)C)cc1. The van der Waals surface area contributed by atoms with Gasteiger partial charge in [0.15, 0.2) is 0 Å². The Morgan fingerprint density at radius 3 is 2.35 bits per heavy atom. The van der Waals surface area contributed by atoms with Crippen molar-refractivity contribution < 1.29 is 9.53 Å². The number of carbonyl (C=O) groups is 1. The lowest BCUT2D eigenvalue weighted by Crippen LogP contribution is -2.12. The summed E-state index contributed by atoms with van der Waals surface area (Å²) in [5, 5.41) is 0.546. The Bertz CT molecular complexity index is 671. The molecule has 2 aromatic rings. The summed E-state index contributed by atoms with van der Waals surface area (Å²) in [5.74, 6) is -0.0153. The third-order valence-electron chi connectivity index (χ3n) is 3.73. The average Bonchev–Trinajstić information content (AvgIpc) is 2.89. The second-order valence-electron chi connectivity index (χ2n) is 6.04. The molecule has 0 unspecified atom stereocenters. The molecular formula is C19H25NO2S. The number of hydrogen-bond donors (Lipinski definition) is 1. The largest absolute Gasteiger partial charge is 0.462 e. The second kappa shape index (κ2) is 7.64. The number of nitrogens with two attached hydrogens (primary N) is 1. The molecule has 0 amide bonds. The molecule has 0 fully saturated rings. The molecule has 2 N–H and O–H groups in total. The van der Waals surface area contributed by atoms with Gasteiger partial charge >= 0.3 is 5.97 Å². The third-order valence-corrected chi connectivity index (χ3v) is 4.90. The number of thiophene rings is 1. The van der Waals surface area contributed by atoms with Gasteiger partial charge in [0, 0.05) is 10.4 Å². The molecule has 124 valence electrons. The Morgan fingerprint density at radius 2 is 1.83 bits per heavy atom. The van der Waals surface area contributed by atoms with E-state index in [1.54, 1.807) is 0 Å². The molecule has 1 heterocycles. The predicted octanol–water partition coefficient (Wildman–Crippen LogP) is 4.93. The molecule has 4 heteroatoms. The molecule has 2 rings (SSSR count). The Kier molecular flexibility index (Phi) is 5.83. The summed E-state index contributed by atoms with van der Waals surface area (Å²) >= 11 is 1.49. The highest BCUT2D eigenvalue weighted by Gasteiger charge is 2.24. The lowest BCUT2D eigenvalue weighted by Gasteiger charge is -2.10. The van der Waals surface area contributed by atoms with Crippen molar-refractivity contribution in [3.63, 3.8) is 0 Å². The van der Waals surface area contributed by atoms with Crippen molar-refractivity contribution in [1.82, 2.24) is 0 Å². The van der Waals surface area contributed by atoms with Gasteiger partial charge in [0.2, 0.25) is 0 Å². The van der Waals surface area contributed by atoms with Crippen molar-refractivity contribution in [2.45, 2.75) is 40.5 Å². The summed E-state index contributed by atoms with van der Waals surface area (Å²) in [6.45, 7) is 8.66. The number of benzene rings is 1. The quantitative estimate of drug-likeness (QED) is 0.763. The number of rotatable bonds is 6. The molecule has 0 saturated carbocycles. The molecule has 23 heavy (non-hydrogen) atoms. The molecule has 3 nitrogen and oxygen atoms in total. The van der Waals surface area contributed by atoms with E-state index in [0.29, 0.717) is 23.1 Å². The molecule has 0 radical (unpaired) electrons. The van der Waals surface area contributed by atoms with E-state index in [1.807, 2.05) is 13.8 Å². The van der Waals surface area contributed by atoms with Crippen LogP contribution in [0.4, 0.5) is 5.00 Å². The van der Waals surface area contributed by atoms with Gasteiger partial charge in [0.25, 0.3) is 0 Å². The highest BCUT2D eigenvalue weighted by atomic mass is 32.1. The fourth-order valence-electron chi connectivity index (χ4n) is 2.48. The van der Waals surface area contributed by atoms with E-state index in [1.165, 1.54) is 16.9 Å². The summed E-state index contributed by atoms with van der Waals surface area (Å²) in [7, 11) is 0. The maximum absolute atomic E-state index is 12.5. The number of ether oxygens (including phenoxy) is 1. The first kappa shape index (κ1) is 17.5. The molecule has 0 aliphatic heterocycles. The van der Waals surface area contributed by atoms with Gasteiger partial charge in [-0.3, -0.25) is 0 Å². The van der Waals surface area contributed by atoms with Gasteiger partial charge in [-0.25, -0.2) is 4.79 Å². The normalized spacial score (nSPS) is 11.0. The number of nitrogen functional groups attached to an aromatic ring is 1. The van der Waals surface area contributed by atoms with Gasteiger partial charge in [0.05, 0.1) is 6.61 Å². The summed E-state index contributed by atoms with van der Waals surface area (Å²) in [4.78, 5) is 13.6. The van der Waals surface area contributed by atoms with Gasteiger partial charge in [-0.15, -0.1) is 11.3 Å². The van der Waals surface area contributed by atoms with Crippen LogP contribution >= 0.6 is 11.3 Å². The minimum atomic E-state index is -0.318. The van der Waals surface area contributed by atoms with E-state index < -0.39 is 0 Å². The summed E-state index contributed by atoms with van der Waals surface area (Å²) < 4.78 is 5.42. The first-order chi connectivity index (χ1) is 11.0. The van der Waals surface area contributed by atoms with Crippen molar-refractivity contribution in [1.29, 1.82) is 0 Å². The molecular weight excluding hydrogens is 306 g/mol. The number of carbonyl (C=O) groups excluding carboxylic acids is 1. The molecule has 0 aliphatic carbocycles. The van der Waals surface area contributed by atoms with Gasteiger partial charge in [0.1, 0.15) is 10.6 Å². The van der Waals surface area contributed by atoms with Crippen LogP contribution < -0.4 is 5.73 Å². The fourth-order valence-corrected chi connectivity index (χ4v) is 3.50. The minimum absolute atomic E-state index is 0.303. The monoisotopic (exact) mass is 331 g/mol. The maximum Gasteiger partial charge on any atom is 0.341 e. The minimum Gasteiger partial charge on any atom is -0.462 e. The number of anilines is 1. The van der Waals surface area contributed by atoms with Crippen LogP contribution in [0.1, 0.15) is 48.5 Å². The van der Waals surface area contributed by atoms with E-state index >= 15 is 0 Å². The zero-order valence-corrected chi connectivity index (χ0v) is 15.1. The van der Waals surface area contributed by atoms with Crippen LogP contribution in [-0.4, -0.2) is 12.6 Å². The van der Waals surface area contributed by atoms with Crippen LogP contribution in [0, 0.1) is 5.92 Å². The molecule has 1 aromatic carbocycles. The Balaban J connectivity index is 2.45. The van der Waals surface area contributed by atoms with Crippen LogP contribution in [0.15, 0.2) is 24.3 Å². The smallest absolute Gasteiger partial charge is 0.341 e. The zero-order chi connectivity index (χ0) is 17.0. The molecule has 0 bridgehead atoms. The van der Waals surface area contributed by atoms with E-state index in [2.05, 4.69) is 38.1 Å². The molecule has 0 saturated heterocycles. The van der Waals surface area contributed by atoms with Crippen LogP contribution in [-0.2, 0) is 17.6 Å². The summed E-state index contributed by atoms with van der Waals surface area (Å²) in [5.41, 5.74) is 9.91. The molecule has 0 atom stereocenters. The third kappa shape index (κ3) is 3.94. The van der Waals surface area contributed by atoms with Gasteiger partial charge in [-0.05, 0) is 29.9 Å². The second-order valence-corrected chi connectivity index (χ2v) is 7.17. The fraction of sp³-hybridized carbons (Fsp3) is 0.421. The van der Waals surface area contributed by atoms with Gasteiger partial charge in [-0.2, -0.15) is 0 Å². The summed E-state index contributed by atoms with van der Waals surface area (Å²) in [6.07, 6.45) is 1.84. The lowest BCUT2D eigenvalue weighted by molar-refractivity contribution is 0.0461. The lowest BCUT2D eigenvalue weighted by atomic mass is 9.98. The number of aryl methyl sites for hydroxylation is 2. The van der Waals surface area contributed by atoms with Gasteiger partial charge in [-0.1, -0.05) is 52.0 Å². The standard InChI is InChI=1S/C19H25NO2S/c1-5-13-7-9-14(10-8-13)16-15(6-2)23-18(20)17(16)19(21)22-11-12(3)4/h7-10,12H,5-6,11,20H2,1-4H3. The first-order valence-electron chi connectivity index (χ1n) is 8.15. The maximum atomic E-state index is 12.5. The average molecular weight is 331 g/mol. The Labute approximate surface area is 142 Å². The summed E-state index contributed by atoms with van der Waals surface area (Å²) in [6, 6.07) is 8.34. The first-order valence-corrected chi connectivity index (χ1v) is 8.97. The topological polar surface area (TPSA) is 52.3 Å².